The Morgan fingerprint density at radius 1 is 1.35 bits per heavy atom. The number of nitrogens with zero attached hydrogens (tertiary/aromatic N) is 2. The molecule has 5 heteroatoms. The zero-order chi connectivity index (χ0) is 13.9. The molecule has 4 nitrogen and oxygen atoms in total. The van der Waals surface area contributed by atoms with Crippen LogP contribution >= 0.6 is 11.3 Å². The Labute approximate surface area is 125 Å². The van der Waals surface area contributed by atoms with Gasteiger partial charge in [0.25, 0.3) is 0 Å². The molecule has 0 spiro atoms. The van der Waals surface area contributed by atoms with Crippen molar-refractivity contribution >= 4 is 16.5 Å². The molecule has 1 saturated carbocycles. The second kappa shape index (κ2) is 6.41. The van der Waals surface area contributed by atoms with Crippen LogP contribution in [-0.2, 0) is 11.3 Å². The fourth-order valence-corrected chi connectivity index (χ4v) is 3.94. The highest BCUT2D eigenvalue weighted by Gasteiger charge is 2.30. The summed E-state index contributed by atoms with van der Waals surface area (Å²) in [5.74, 6) is 0.725. The van der Waals surface area contributed by atoms with Crippen LogP contribution in [0.25, 0.3) is 0 Å². The summed E-state index contributed by atoms with van der Waals surface area (Å²) in [6.07, 6.45) is 6.72. The molecular weight excluding hydrogens is 270 g/mol. The van der Waals surface area contributed by atoms with Crippen LogP contribution in [0, 0.1) is 0 Å². The van der Waals surface area contributed by atoms with Gasteiger partial charge in [0.15, 0.2) is 5.13 Å². The molecule has 2 fully saturated rings. The van der Waals surface area contributed by atoms with Crippen LogP contribution in [-0.4, -0.2) is 38.3 Å². The van der Waals surface area contributed by atoms with Crippen LogP contribution < -0.4 is 10.2 Å². The van der Waals surface area contributed by atoms with Crippen molar-refractivity contribution in [3.05, 3.63) is 10.6 Å². The largest absolute Gasteiger partial charge is 0.376 e. The van der Waals surface area contributed by atoms with E-state index in [2.05, 4.69) is 17.3 Å². The predicted molar refractivity (Wildman–Crippen MR) is 83.7 cm³/mol. The molecule has 1 aliphatic heterocycles. The highest BCUT2D eigenvalue weighted by atomic mass is 32.1. The molecule has 3 rings (SSSR count). The van der Waals surface area contributed by atoms with Crippen LogP contribution in [0.15, 0.2) is 0 Å². The first kappa shape index (κ1) is 14.3. The van der Waals surface area contributed by atoms with Crippen molar-refractivity contribution in [2.24, 2.45) is 0 Å². The molecule has 0 bridgehead atoms. The lowest BCUT2D eigenvalue weighted by atomic mass is 10.1. The van der Waals surface area contributed by atoms with Crippen molar-refractivity contribution in [2.75, 3.05) is 32.1 Å². The van der Waals surface area contributed by atoms with E-state index in [1.807, 2.05) is 18.4 Å². The van der Waals surface area contributed by atoms with Gasteiger partial charge in [-0.25, -0.2) is 4.98 Å². The summed E-state index contributed by atoms with van der Waals surface area (Å²) in [6.45, 7) is 2.84. The van der Waals surface area contributed by atoms with Gasteiger partial charge >= 0.3 is 0 Å². The molecule has 1 saturated heterocycles. The van der Waals surface area contributed by atoms with Gasteiger partial charge in [0, 0.05) is 37.5 Å². The van der Waals surface area contributed by atoms with Crippen molar-refractivity contribution in [1.82, 2.24) is 10.3 Å². The summed E-state index contributed by atoms with van der Waals surface area (Å²) in [5.41, 5.74) is 1.34. The zero-order valence-electron chi connectivity index (χ0n) is 12.5. The minimum absolute atomic E-state index is 0.384. The third-order valence-corrected chi connectivity index (χ3v) is 5.28. The van der Waals surface area contributed by atoms with E-state index < -0.39 is 0 Å². The van der Waals surface area contributed by atoms with E-state index in [-0.39, 0.29) is 0 Å². The summed E-state index contributed by atoms with van der Waals surface area (Å²) >= 11 is 1.85. The third-order valence-electron chi connectivity index (χ3n) is 4.10. The van der Waals surface area contributed by atoms with Gasteiger partial charge in [0.2, 0.25) is 0 Å². The van der Waals surface area contributed by atoms with E-state index in [9.17, 15) is 0 Å². The van der Waals surface area contributed by atoms with Crippen molar-refractivity contribution in [3.63, 3.8) is 0 Å². The molecule has 2 aliphatic rings. The first-order valence-electron chi connectivity index (χ1n) is 7.75. The number of hydrogen-bond donors (Lipinski definition) is 1. The van der Waals surface area contributed by atoms with Gasteiger partial charge in [-0.2, -0.15) is 0 Å². The van der Waals surface area contributed by atoms with E-state index in [0.717, 1.165) is 30.7 Å². The van der Waals surface area contributed by atoms with Crippen LogP contribution in [0.5, 0.6) is 0 Å². The van der Waals surface area contributed by atoms with Gasteiger partial charge in [0.05, 0.1) is 11.8 Å². The van der Waals surface area contributed by atoms with Gasteiger partial charge in [-0.1, -0.05) is 0 Å². The van der Waals surface area contributed by atoms with Crippen LogP contribution in [0.1, 0.15) is 48.6 Å². The molecule has 1 aliphatic carbocycles. The second-order valence-corrected chi connectivity index (χ2v) is 7.04. The maximum absolute atomic E-state index is 5.84. The van der Waals surface area contributed by atoms with Crippen molar-refractivity contribution in [3.8, 4) is 0 Å². The maximum Gasteiger partial charge on any atom is 0.185 e. The number of likely N-dealkylation sites (N-methyl/N-ethyl adjacent to an activating group) is 1. The van der Waals surface area contributed by atoms with Gasteiger partial charge in [-0.15, -0.1) is 11.3 Å². The highest BCUT2D eigenvalue weighted by molar-refractivity contribution is 7.15. The minimum Gasteiger partial charge on any atom is -0.376 e. The second-order valence-electron chi connectivity index (χ2n) is 5.98. The Morgan fingerprint density at radius 2 is 2.20 bits per heavy atom. The number of anilines is 1. The summed E-state index contributed by atoms with van der Waals surface area (Å²) < 4.78 is 5.84. The zero-order valence-corrected chi connectivity index (χ0v) is 13.3. The topological polar surface area (TPSA) is 37.4 Å². The van der Waals surface area contributed by atoms with Gasteiger partial charge in [-0.05, 0) is 39.2 Å². The molecule has 1 aromatic rings. The molecule has 0 aromatic carbocycles. The average molecular weight is 295 g/mol. The van der Waals surface area contributed by atoms with E-state index in [1.165, 1.54) is 42.7 Å². The normalized spacial score (nSPS) is 23.0. The molecule has 1 N–H and O–H groups in total. The predicted octanol–water partition coefficient (Wildman–Crippen LogP) is 2.75. The molecule has 112 valence electrons. The molecule has 0 amide bonds. The maximum atomic E-state index is 5.84. The minimum atomic E-state index is 0.384. The average Bonchev–Trinajstić information content (AvgIpc) is 3.21. The fraction of sp³-hybridized carbons (Fsp3) is 0.800. The first-order valence-corrected chi connectivity index (χ1v) is 8.56. The highest BCUT2D eigenvalue weighted by Crippen LogP contribution is 2.44. The van der Waals surface area contributed by atoms with E-state index >= 15 is 0 Å². The summed E-state index contributed by atoms with van der Waals surface area (Å²) in [7, 11) is 4.16. The third kappa shape index (κ3) is 3.32. The Bertz CT molecular complexity index is 438. The van der Waals surface area contributed by atoms with Crippen molar-refractivity contribution in [2.45, 2.75) is 50.7 Å². The fourth-order valence-electron chi connectivity index (χ4n) is 2.81. The van der Waals surface area contributed by atoms with Crippen LogP contribution in [0.2, 0.25) is 0 Å². The molecule has 0 radical (unpaired) electrons. The molecule has 1 aromatic heterocycles. The lowest BCUT2D eigenvalue weighted by Gasteiger charge is -2.27. The number of rotatable bonds is 6. The molecular formula is C15H25N3OS. The first-order chi connectivity index (χ1) is 9.78. The summed E-state index contributed by atoms with van der Waals surface area (Å²) in [4.78, 5) is 8.61. The Hall–Kier alpha value is -0.650. The standard InChI is InChI=1S/C15H25N3OS/c1-16-9-13-14(11-6-7-11)17-15(20-13)18(2)10-12-5-3-4-8-19-12/h11-12,16H,3-10H2,1-2H3. The number of aromatic nitrogens is 1. The SMILES string of the molecule is CNCc1sc(N(C)CC2CCCCO2)nc1C1CC1. The number of hydrogen-bond acceptors (Lipinski definition) is 5. The monoisotopic (exact) mass is 295 g/mol. The Balaban J connectivity index is 1.67. The van der Waals surface area contributed by atoms with Gasteiger partial charge in [0.1, 0.15) is 0 Å². The van der Waals surface area contributed by atoms with Gasteiger partial charge in [-0.3, -0.25) is 0 Å². The van der Waals surface area contributed by atoms with E-state index in [1.54, 1.807) is 0 Å². The van der Waals surface area contributed by atoms with Crippen molar-refractivity contribution < 1.29 is 4.74 Å². The molecule has 1 atom stereocenters. The van der Waals surface area contributed by atoms with E-state index in [4.69, 9.17) is 9.72 Å². The Morgan fingerprint density at radius 3 is 2.85 bits per heavy atom. The Kier molecular flexibility index (Phi) is 4.58. The summed E-state index contributed by atoms with van der Waals surface area (Å²) in [6, 6.07) is 0. The van der Waals surface area contributed by atoms with Crippen molar-refractivity contribution in [1.29, 1.82) is 0 Å². The molecule has 20 heavy (non-hydrogen) atoms. The molecule has 2 heterocycles. The van der Waals surface area contributed by atoms with Gasteiger partial charge < -0.3 is 15.0 Å². The number of ether oxygens (including phenoxy) is 1. The quantitative estimate of drug-likeness (QED) is 0.875. The van der Waals surface area contributed by atoms with Crippen LogP contribution in [0.4, 0.5) is 5.13 Å². The number of thiazole rings is 1. The number of nitrogens with one attached hydrogen (secondary N) is 1. The van der Waals surface area contributed by atoms with E-state index in [0.29, 0.717) is 6.10 Å². The lowest BCUT2D eigenvalue weighted by molar-refractivity contribution is 0.0216. The smallest absolute Gasteiger partial charge is 0.185 e. The summed E-state index contributed by atoms with van der Waals surface area (Å²) in [5, 5.41) is 4.43. The van der Waals surface area contributed by atoms with Crippen LogP contribution in [0.3, 0.4) is 0 Å². The lowest BCUT2D eigenvalue weighted by Crippen LogP contribution is -2.33. The molecule has 1 unspecified atom stereocenters.